The first kappa shape index (κ1) is 27.0. The normalized spacial score (nSPS) is 18.1. The number of nitrogens with zero attached hydrogens (tertiary/aromatic N) is 3. The third-order valence-electron chi connectivity index (χ3n) is 5.56. The Hall–Kier alpha value is -3.64. The van der Waals surface area contributed by atoms with Crippen LogP contribution in [0.4, 0.5) is 29.7 Å². The van der Waals surface area contributed by atoms with Crippen LogP contribution in [0.2, 0.25) is 0 Å². The van der Waals surface area contributed by atoms with Crippen LogP contribution in [0, 0.1) is 11.6 Å². The molecule has 0 saturated carbocycles. The Bertz CT molecular complexity index is 1000. The smallest absolute Gasteiger partial charge is 0.414 e. The van der Waals surface area contributed by atoms with Gasteiger partial charge < -0.3 is 29.9 Å². The average molecular weight is 512 g/mol. The van der Waals surface area contributed by atoms with Crippen LogP contribution in [-0.2, 0) is 19.1 Å². The summed E-state index contributed by atoms with van der Waals surface area (Å²) in [6.45, 7) is 6.98. The van der Waals surface area contributed by atoms with Crippen LogP contribution >= 0.6 is 0 Å². The lowest BCUT2D eigenvalue weighted by Crippen LogP contribution is -2.52. The molecule has 4 amide bonds. The van der Waals surface area contributed by atoms with Crippen LogP contribution in [-0.4, -0.2) is 86.4 Å². The van der Waals surface area contributed by atoms with E-state index in [0.29, 0.717) is 0 Å². The Morgan fingerprint density at radius 2 is 1.69 bits per heavy atom. The number of halogens is 2. The van der Waals surface area contributed by atoms with E-state index in [9.17, 15) is 19.2 Å². The summed E-state index contributed by atoms with van der Waals surface area (Å²) < 4.78 is 40.2. The molecule has 2 aliphatic heterocycles. The van der Waals surface area contributed by atoms with Crippen LogP contribution in [0.3, 0.4) is 0 Å². The van der Waals surface area contributed by atoms with Crippen molar-refractivity contribution in [3.8, 4) is 0 Å². The number of amides is 4. The maximum Gasteiger partial charge on any atom is 0.414 e. The second-order valence-corrected chi connectivity index (χ2v) is 9.52. The molecule has 2 N–H and O–H groups in total. The lowest BCUT2D eigenvalue weighted by atomic mass is 10.1. The number of nitrogens with one attached hydrogen (secondary N) is 2. The fraction of sp³-hybridized carbons (Fsp3) is 0.565. The molecular weight excluding hydrogens is 480 g/mol. The molecule has 0 bridgehead atoms. The fourth-order valence-electron chi connectivity index (χ4n) is 3.94. The van der Waals surface area contributed by atoms with Gasteiger partial charge in [0, 0.05) is 51.8 Å². The van der Waals surface area contributed by atoms with E-state index < -0.39 is 35.5 Å². The Balaban J connectivity index is 1.61. The van der Waals surface area contributed by atoms with Gasteiger partial charge in [-0.1, -0.05) is 0 Å². The first-order valence-electron chi connectivity index (χ1n) is 11.5. The fourth-order valence-corrected chi connectivity index (χ4v) is 3.94. The maximum absolute atomic E-state index is 15.0. The molecule has 11 nitrogen and oxygen atoms in total. The van der Waals surface area contributed by atoms with Crippen molar-refractivity contribution >= 4 is 35.4 Å². The SMILES string of the molecule is CC(=O)NCC1COC(=O)N1c1cc(F)c(N2CCN(C(=O)CNC(=O)OC(C)(C)C)CC2)c(F)c1. The van der Waals surface area contributed by atoms with E-state index in [1.165, 1.54) is 16.7 Å². The molecule has 3 rings (SSSR count). The third-order valence-corrected chi connectivity index (χ3v) is 5.56. The van der Waals surface area contributed by atoms with Gasteiger partial charge in [-0.2, -0.15) is 0 Å². The molecule has 0 radical (unpaired) electrons. The molecule has 2 saturated heterocycles. The molecule has 1 atom stereocenters. The van der Waals surface area contributed by atoms with Crippen molar-refractivity contribution < 1.29 is 37.4 Å². The van der Waals surface area contributed by atoms with Gasteiger partial charge in [-0.15, -0.1) is 0 Å². The summed E-state index contributed by atoms with van der Waals surface area (Å²) in [5.41, 5.74) is -0.971. The van der Waals surface area contributed by atoms with Gasteiger partial charge in [0.2, 0.25) is 11.8 Å². The lowest BCUT2D eigenvalue weighted by Gasteiger charge is -2.36. The molecular formula is C23H31F2N5O6. The monoisotopic (exact) mass is 511 g/mol. The minimum Gasteiger partial charge on any atom is -0.447 e. The molecule has 2 heterocycles. The molecule has 0 aliphatic carbocycles. The molecule has 13 heteroatoms. The molecule has 1 aromatic rings. The zero-order chi connectivity index (χ0) is 26.6. The van der Waals surface area contributed by atoms with Crippen molar-refractivity contribution in [2.45, 2.75) is 39.3 Å². The van der Waals surface area contributed by atoms with Crippen LogP contribution in [0.15, 0.2) is 12.1 Å². The summed E-state index contributed by atoms with van der Waals surface area (Å²) in [4.78, 5) is 51.6. The number of hydrogen-bond donors (Lipinski definition) is 2. The maximum atomic E-state index is 15.0. The highest BCUT2D eigenvalue weighted by molar-refractivity contribution is 5.91. The van der Waals surface area contributed by atoms with Crippen LogP contribution in [0.5, 0.6) is 0 Å². The molecule has 0 spiro atoms. The van der Waals surface area contributed by atoms with Crippen molar-refractivity contribution in [1.29, 1.82) is 0 Å². The topological polar surface area (TPSA) is 121 Å². The summed E-state index contributed by atoms with van der Waals surface area (Å²) in [5.74, 6) is -2.38. The number of carbonyl (C=O) groups excluding carboxylic acids is 4. The number of rotatable bonds is 6. The van der Waals surface area contributed by atoms with Gasteiger partial charge in [0.05, 0.1) is 11.7 Å². The summed E-state index contributed by atoms with van der Waals surface area (Å²) in [6, 6.07) is 1.50. The average Bonchev–Trinajstić information content (AvgIpc) is 3.15. The number of hydrogen-bond acceptors (Lipinski definition) is 7. The highest BCUT2D eigenvalue weighted by atomic mass is 19.1. The zero-order valence-electron chi connectivity index (χ0n) is 20.7. The lowest BCUT2D eigenvalue weighted by molar-refractivity contribution is -0.130. The van der Waals surface area contributed by atoms with Gasteiger partial charge in [0.1, 0.15) is 24.4 Å². The van der Waals surface area contributed by atoms with Crippen molar-refractivity contribution in [3.05, 3.63) is 23.8 Å². The number of cyclic esters (lactones) is 1. The number of alkyl carbamates (subject to hydrolysis) is 1. The standard InChI is InChI=1S/C23H31F2N5O6/c1-14(31)26-11-16-13-35-22(34)30(16)15-9-17(24)20(18(25)10-15)29-7-5-28(6-8-29)19(32)12-27-21(33)36-23(2,3)4/h9-10,16H,5-8,11-13H2,1-4H3,(H,26,31)(H,27,33). The number of benzene rings is 1. The van der Waals surface area contributed by atoms with Gasteiger partial charge in [0.25, 0.3) is 0 Å². The minimum atomic E-state index is -0.866. The number of ether oxygens (including phenoxy) is 2. The van der Waals surface area contributed by atoms with Crippen LogP contribution in [0.1, 0.15) is 27.7 Å². The van der Waals surface area contributed by atoms with Crippen molar-refractivity contribution in [3.63, 3.8) is 0 Å². The summed E-state index contributed by atoms with van der Waals surface area (Å²) in [6.07, 6.45) is -1.47. The van der Waals surface area contributed by atoms with E-state index in [0.717, 1.165) is 17.0 Å². The van der Waals surface area contributed by atoms with Crippen LogP contribution < -0.4 is 20.4 Å². The first-order valence-corrected chi connectivity index (χ1v) is 11.5. The van der Waals surface area contributed by atoms with Gasteiger partial charge in [-0.05, 0) is 20.8 Å². The van der Waals surface area contributed by atoms with Gasteiger partial charge in [0.15, 0.2) is 11.6 Å². The van der Waals surface area contributed by atoms with Crippen molar-refractivity contribution in [2.24, 2.45) is 0 Å². The summed E-state index contributed by atoms with van der Waals surface area (Å²) in [5, 5.41) is 4.97. The predicted molar refractivity (Wildman–Crippen MR) is 126 cm³/mol. The molecule has 36 heavy (non-hydrogen) atoms. The van der Waals surface area contributed by atoms with Gasteiger partial charge >= 0.3 is 12.2 Å². The molecule has 198 valence electrons. The molecule has 1 aromatic carbocycles. The number of anilines is 2. The Morgan fingerprint density at radius 1 is 1.08 bits per heavy atom. The van der Waals surface area contributed by atoms with Gasteiger partial charge in [-0.3, -0.25) is 14.5 Å². The predicted octanol–water partition coefficient (Wildman–Crippen LogP) is 1.60. The van der Waals surface area contributed by atoms with Gasteiger partial charge in [-0.25, -0.2) is 18.4 Å². The Morgan fingerprint density at radius 3 is 2.25 bits per heavy atom. The minimum absolute atomic E-state index is 0.0198. The zero-order valence-corrected chi connectivity index (χ0v) is 20.7. The largest absolute Gasteiger partial charge is 0.447 e. The molecule has 2 aliphatic rings. The number of piperazine rings is 1. The van der Waals surface area contributed by atoms with E-state index >= 15 is 8.78 Å². The van der Waals surface area contributed by atoms with E-state index in [-0.39, 0.29) is 69.1 Å². The van der Waals surface area contributed by atoms with Crippen molar-refractivity contribution in [1.82, 2.24) is 15.5 Å². The highest BCUT2D eigenvalue weighted by Gasteiger charge is 2.36. The molecule has 1 unspecified atom stereocenters. The molecule has 2 fully saturated rings. The summed E-state index contributed by atoms with van der Waals surface area (Å²) >= 11 is 0. The van der Waals surface area contributed by atoms with E-state index in [1.54, 1.807) is 20.8 Å². The van der Waals surface area contributed by atoms with E-state index in [4.69, 9.17) is 9.47 Å². The van der Waals surface area contributed by atoms with E-state index in [2.05, 4.69) is 10.6 Å². The second kappa shape index (κ2) is 11.0. The van der Waals surface area contributed by atoms with Crippen molar-refractivity contribution in [2.75, 3.05) is 55.7 Å². The Labute approximate surface area is 207 Å². The summed E-state index contributed by atoms with van der Waals surface area (Å²) in [7, 11) is 0. The van der Waals surface area contributed by atoms with Crippen LogP contribution in [0.25, 0.3) is 0 Å². The molecule has 0 aromatic heterocycles. The Kier molecular flexibility index (Phi) is 8.21. The second-order valence-electron chi connectivity index (χ2n) is 9.52. The first-order chi connectivity index (χ1) is 16.9. The highest BCUT2D eigenvalue weighted by Crippen LogP contribution is 2.32. The number of carbonyl (C=O) groups is 4. The quantitative estimate of drug-likeness (QED) is 0.595. The third kappa shape index (κ3) is 6.73. The van der Waals surface area contributed by atoms with E-state index in [1.807, 2.05) is 0 Å².